The first-order chi connectivity index (χ1) is 43.7. The van der Waals surface area contributed by atoms with Crippen molar-refractivity contribution >= 4 is 39.5 Å². The summed E-state index contributed by atoms with van der Waals surface area (Å²) in [6, 6.07) is 0. The van der Waals surface area contributed by atoms with Gasteiger partial charge in [-0.2, -0.15) is 0 Å². The normalized spacial score (nSPS) is 14.8. The minimum Gasteiger partial charge on any atom is -0.462 e. The summed E-state index contributed by atoms with van der Waals surface area (Å²) in [6.45, 7) is 14.1. The predicted molar refractivity (Wildman–Crippen MR) is 367 cm³/mol. The minimum atomic E-state index is -4.95. The van der Waals surface area contributed by atoms with E-state index in [1.807, 2.05) is 0 Å². The highest BCUT2D eigenvalue weighted by Crippen LogP contribution is 2.45. The number of phosphoric ester groups is 2. The van der Waals surface area contributed by atoms with Crippen LogP contribution >= 0.6 is 15.6 Å². The molecular formula is C72H140O17P2. The fraction of sp³-hybridized carbons (Fsp3) is 0.944. The van der Waals surface area contributed by atoms with E-state index in [4.69, 9.17) is 37.0 Å². The Bertz CT molecular complexity index is 1800. The third-order valence-corrected chi connectivity index (χ3v) is 19.2. The van der Waals surface area contributed by atoms with Crippen LogP contribution in [-0.2, 0) is 65.4 Å². The number of unbranched alkanes of at least 4 members (excludes halogenated alkanes) is 33. The van der Waals surface area contributed by atoms with Crippen molar-refractivity contribution in [2.24, 2.45) is 23.7 Å². The van der Waals surface area contributed by atoms with Gasteiger partial charge >= 0.3 is 39.5 Å². The molecule has 17 nitrogen and oxygen atoms in total. The molecule has 19 heteroatoms. The van der Waals surface area contributed by atoms with Crippen LogP contribution < -0.4 is 0 Å². The van der Waals surface area contributed by atoms with Crippen LogP contribution in [0.25, 0.3) is 0 Å². The van der Waals surface area contributed by atoms with E-state index in [9.17, 15) is 43.2 Å². The van der Waals surface area contributed by atoms with Crippen molar-refractivity contribution < 1.29 is 80.2 Å². The molecule has 0 aromatic rings. The second-order valence-corrected chi connectivity index (χ2v) is 30.3. The Morgan fingerprint density at radius 3 is 0.780 bits per heavy atom. The minimum absolute atomic E-state index is 0.102. The summed E-state index contributed by atoms with van der Waals surface area (Å²) in [5.74, 6) is 0.890. The molecule has 0 radical (unpaired) electrons. The predicted octanol–water partition coefficient (Wildman–Crippen LogP) is 20.5. The monoisotopic (exact) mass is 1340 g/mol. The fourth-order valence-corrected chi connectivity index (χ4v) is 12.4. The fourth-order valence-electron chi connectivity index (χ4n) is 10.8. The van der Waals surface area contributed by atoms with Gasteiger partial charge in [0.1, 0.15) is 19.3 Å². The highest BCUT2D eigenvalue weighted by molar-refractivity contribution is 7.47. The topological polar surface area (TPSA) is 237 Å². The van der Waals surface area contributed by atoms with E-state index in [2.05, 4.69) is 55.4 Å². The van der Waals surface area contributed by atoms with E-state index < -0.39 is 97.5 Å². The molecule has 540 valence electrons. The number of phosphoric acid groups is 2. The molecule has 0 aromatic heterocycles. The van der Waals surface area contributed by atoms with Crippen LogP contribution in [0.1, 0.15) is 357 Å². The molecule has 0 saturated heterocycles. The van der Waals surface area contributed by atoms with E-state index in [1.54, 1.807) is 0 Å². The zero-order chi connectivity index (χ0) is 67.5. The Hall–Kier alpha value is -1.94. The first-order valence-electron chi connectivity index (χ1n) is 37.3. The second kappa shape index (κ2) is 61.6. The number of rotatable bonds is 69. The summed E-state index contributed by atoms with van der Waals surface area (Å²) in [5, 5.41) is 10.6. The van der Waals surface area contributed by atoms with Gasteiger partial charge in [-0.1, -0.05) is 306 Å². The van der Waals surface area contributed by atoms with Crippen LogP contribution in [0.4, 0.5) is 0 Å². The van der Waals surface area contributed by atoms with Crippen molar-refractivity contribution in [3.63, 3.8) is 0 Å². The molecule has 3 N–H and O–H groups in total. The highest BCUT2D eigenvalue weighted by atomic mass is 31.2. The van der Waals surface area contributed by atoms with Crippen molar-refractivity contribution in [3.8, 4) is 0 Å². The van der Waals surface area contributed by atoms with Crippen molar-refractivity contribution in [1.82, 2.24) is 0 Å². The largest absolute Gasteiger partial charge is 0.472 e. The molecule has 0 spiro atoms. The molecule has 0 fully saturated rings. The first-order valence-corrected chi connectivity index (χ1v) is 40.3. The Kier molecular flexibility index (Phi) is 60.3. The molecule has 7 atom stereocenters. The van der Waals surface area contributed by atoms with Gasteiger partial charge in [0, 0.05) is 25.7 Å². The van der Waals surface area contributed by atoms with Gasteiger partial charge < -0.3 is 33.8 Å². The van der Waals surface area contributed by atoms with Crippen LogP contribution in [0.5, 0.6) is 0 Å². The van der Waals surface area contributed by atoms with Crippen molar-refractivity contribution in [3.05, 3.63) is 0 Å². The molecule has 4 unspecified atom stereocenters. The number of aliphatic hydroxyl groups is 1. The zero-order valence-electron chi connectivity index (χ0n) is 59.5. The van der Waals surface area contributed by atoms with Crippen LogP contribution in [0.15, 0.2) is 0 Å². The number of esters is 4. The maximum atomic E-state index is 13.0. The molecule has 0 aliphatic carbocycles. The van der Waals surface area contributed by atoms with Gasteiger partial charge in [-0.25, -0.2) is 9.13 Å². The lowest BCUT2D eigenvalue weighted by molar-refractivity contribution is -0.161. The number of ether oxygens (including phenoxy) is 4. The van der Waals surface area contributed by atoms with Crippen molar-refractivity contribution in [2.75, 3.05) is 39.6 Å². The molecule has 0 aliphatic rings. The Balaban J connectivity index is 5.23. The third kappa shape index (κ3) is 63.9. The molecule has 0 saturated carbocycles. The van der Waals surface area contributed by atoms with Gasteiger partial charge in [0.25, 0.3) is 0 Å². The van der Waals surface area contributed by atoms with Crippen LogP contribution in [0.3, 0.4) is 0 Å². The molecule has 0 heterocycles. The van der Waals surface area contributed by atoms with Gasteiger partial charge in [-0.05, 0) is 49.4 Å². The Morgan fingerprint density at radius 1 is 0.308 bits per heavy atom. The van der Waals surface area contributed by atoms with Gasteiger partial charge in [-0.3, -0.25) is 37.3 Å². The van der Waals surface area contributed by atoms with E-state index in [-0.39, 0.29) is 25.7 Å². The van der Waals surface area contributed by atoms with Crippen LogP contribution in [-0.4, -0.2) is 96.7 Å². The van der Waals surface area contributed by atoms with Gasteiger partial charge in [0.2, 0.25) is 0 Å². The second-order valence-electron chi connectivity index (χ2n) is 27.4. The summed E-state index contributed by atoms with van der Waals surface area (Å²) in [7, 11) is -9.91. The SMILES string of the molecule is CCC(C)CCCCCCCCC(=O)OC[C@H](COP(=O)(O)OC[C@H](O)COP(=O)(O)OC[C@@H](COC(=O)CCCCCCCCCCCCCCC(C)C)OC(=O)CCCCCCCCC(C)CC)OC(=O)CCCCCCCCCCCCCCCC(C)C. The zero-order valence-corrected chi connectivity index (χ0v) is 61.3. The van der Waals surface area contributed by atoms with E-state index >= 15 is 0 Å². The average Bonchev–Trinajstić information content (AvgIpc) is 2.16. The molecule has 0 aromatic carbocycles. The highest BCUT2D eigenvalue weighted by Gasteiger charge is 2.30. The molecule has 91 heavy (non-hydrogen) atoms. The maximum Gasteiger partial charge on any atom is 0.472 e. The number of aliphatic hydroxyl groups excluding tert-OH is 1. The van der Waals surface area contributed by atoms with Crippen LogP contribution in [0, 0.1) is 23.7 Å². The number of hydrogen-bond acceptors (Lipinski definition) is 15. The van der Waals surface area contributed by atoms with Gasteiger partial charge in [0.15, 0.2) is 12.2 Å². The standard InChI is InChI=1S/C72H140O17P2/c1-9-64(7)50-42-34-28-30-37-45-53-70(75)83-59-67(88-71(76)54-46-38-27-23-19-13-11-12-16-20-24-32-40-48-62(3)4)60-86-90(78,79)84-56-66(73)57-85-91(80,81)87-61-68(89-72(77)55-47-39-31-29-35-43-51-65(8)10-2)58-82-69(74)52-44-36-26-22-18-15-14-17-21-25-33-41-49-63(5)6/h62-68,73H,9-61H2,1-8H3,(H,78,79)(H,80,81)/t64?,65?,66-,67+,68+/m0/s1. The summed E-state index contributed by atoms with van der Waals surface area (Å²) in [4.78, 5) is 72.6. The lowest BCUT2D eigenvalue weighted by Gasteiger charge is -2.21. The van der Waals surface area contributed by atoms with Crippen molar-refractivity contribution in [1.29, 1.82) is 0 Å². The van der Waals surface area contributed by atoms with Gasteiger partial charge in [0.05, 0.1) is 26.4 Å². The number of hydrogen-bond donors (Lipinski definition) is 3. The van der Waals surface area contributed by atoms with Crippen molar-refractivity contribution in [2.45, 2.75) is 375 Å². The lowest BCUT2D eigenvalue weighted by atomic mass is 10.00. The summed E-state index contributed by atoms with van der Waals surface area (Å²) >= 11 is 0. The van der Waals surface area contributed by atoms with E-state index in [0.29, 0.717) is 25.7 Å². The Labute approximate surface area is 556 Å². The third-order valence-electron chi connectivity index (χ3n) is 17.3. The van der Waals surface area contributed by atoms with Crippen LogP contribution in [0.2, 0.25) is 0 Å². The summed E-state index contributed by atoms with van der Waals surface area (Å²) in [5.41, 5.74) is 0. The molecule has 0 amide bonds. The maximum absolute atomic E-state index is 13.0. The molecular weight excluding hydrogens is 1200 g/mol. The number of carbonyl (C=O) groups is 4. The molecule has 0 rings (SSSR count). The smallest absolute Gasteiger partial charge is 0.462 e. The quantitative estimate of drug-likeness (QED) is 0.0222. The summed E-state index contributed by atoms with van der Waals surface area (Å²) in [6.07, 6.45) is 44.5. The van der Waals surface area contributed by atoms with E-state index in [0.717, 1.165) is 120 Å². The first kappa shape index (κ1) is 89.1. The molecule has 0 aliphatic heterocycles. The molecule has 0 bridgehead atoms. The Morgan fingerprint density at radius 2 is 0.527 bits per heavy atom. The lowest BCUT2D eigenvalue weighted by Crippen LogP contribution is -2.30. The number of carbonyl (C=O) groups excluding carboxylic acids is 4. The van der Waals surface area contributed by atoms with E-state index in [1.165, 1.54) is 154 Å². The van der Waals surface area contributed by atoms with Gasteiger partial charge in [-0.15, -0.1) is 0 Å². The summed E-state index contributed by atoms with van der Waals surface area (Å²) < 4.78 is 68.3. The average molecular weight is 1340 g/mol.